The fourth-order valence-electron chi connectivity index (χ4n) is 21.5. The van der Waals surface area contributed by atoms with Crippen LogP contribution in [0.3, 0.4) is 0 Å². The fraction of sp³-hybridized carbons (Fsp3) is 0.551. The first-order chi connectivity index (χ1) is 45.8. The molecule has 1 spiro atoms. The van der Waals surface area contributed by atoms with E-state index in [0.717, 1.165) is 114 Å². The number of hydrogen-bond acceptors (Lipinski definition) is 16. The second-order valence-electron chi connectivity index (χ2n) is 30.1. The van der Waals surface area contributed by atoms with E-state index < -0.39 is 31.5 Å². The molecule has 18 unspecified atom stereocenters. The standard InChI is InChI=1S/C78H99N9O7/c1-81-41-56-38-78-70-20-19-49-27-58(90)34-59(91)30-55(44-88)62-35-69(94-45-89)68(93)31-52(62)29-54-43-85-72(79)36-63(54)50(26-48-12-5-11-47(25-48)18-17-46-9-3-2-4-10-46)13-7-23-84-76(80)86-57-32-64(56)73(78)65(33-57)61-15-6-16-67(92)75(61)87-71(78)40-77(70,37-49)39-66-60-21-24-82-42-53(60)28-51-14-8-22-83-74(51)66/h2-6,8-12,14-15,25,30-31,35-36,43,49-51,53,56-57,60,64,66-67,70-75,81-83,85,87-89,92-93H,13,16-22,24,26-29,32-34,37-42,44-45,79H2,1H3,(H3,80,84,86). The van der Waals surface area contributed by atoms with Gasteiger partial charge in [0.05, 0.1) is 31.3 Å². The molecule has 13 aliphatic rings. The highest BCUT2D eigenvalue weighted by molar-refractivity contribution is 6.08. The monoisotopic (exact) mass is 1270 g/mol. The molecular weight excluding hydrogens is 1170 g/mol. The summed E-state index contributed by atoms with van der Waals surface area (Å²) in [5.41, 5.74) is 23.0. The van der Waals surface area contributed by atoms with Gasteiger partial charge in [-0.2, -0.15) is 4.99 Å². The number of allylic oxidation sites excluding steroid dienone is 3. The zero-order valence-corrected chi connectivity index (χ0v) is 54.7. The van der Waals surface area contributed by atoms with Crippen molar-refractivity contribution in [3.8, 4) is 23.5 Å². The summed E-state index contributed by atoms with van der Waals surface area (Å²) in [5.74, 6) is 6.37. The number of carbonyl (C=O) groups is 2. The van der Waals surface area contributed by atoms with Crippen molar-refractivity contribution in [1.82, 2.24) is 31.9 Å². The number of ketones is 2. The van der Waals surface area contributed by atoms with Crippen LogP contribution in [0.5, 0.6) is 11.5 Å². The third-order valence-corrected chi connectivity index (χ3v) is 24.8. The van der Waals surface area contributed by atoms with Crippen LogP contribution in [0.2, 0.25) is 0 Å². The van der Waals surface area contributed by atoms with Gasteiger partial charge in [-0.1, -0.05) is 90.4 Å². The topological polar surface area (TPSA) is 261 Å². The Labute approximate surface area is 555 Å². The van der Waals surface area contributed by atoms with E-state index in [9.17, 15) is 30.0 Å². The number of carbonyl (C=O) groups excluding carboxylic acids is 2. The summed E-state index contributed by atoms with van der Waals surface area (Å²) >= 11 is 0. The number of piperidine rings is 1. The number of hydrogen-bond donors (Lipinski definition) is 12. The van der Waals surface area contributed by atoms with Crippen molar-refractivity contribution < 1.29 is 34.8 Å². The number of rotatable bonds is 12. The average molecular weight is 1270 g/mol. The highest BCUT2D eigenvalue weighted by atomic mass is 16.6. The molecule has 0 radical (unpaired) electrons. The number of nitrogens with two attached hydrogens (primary N) is 2. The quantitative estimate of drug-likeness (QED) is 0.0367. The van der Waals surface area contributed by atoms with Gasteiger partial charge in [0.15, 0.2) is 24.1 Å². The SMILES string of the molecule is CNCC1CC23C4CC5(CC6C7CCNCC7CC7C=CCNC76)CC(CCC52)CC(=O)CC(=O)C=C(CO)c2cc(OCO)c(O)cc2CC2=CNC(N)C=C2C(Cc2cccc(CCc5ccccc5)c2)CC#CN=C(N)NC2CC(=C5C=CCC(O)C5N4)C3C1C2. The van der Waals surface area contributed by atoms with Crippen LogP contribution >= 0.6 is 0 Å². The molecule has 1 saturated heterocycles. The zero-order valence-electron chi connectivity index (χ0n) is 54.7. The number of nitrogens with one attached hydrogen (secondary N) is 6. The molecule has 0 aromatic heterocycles. The molecule has 5 saturated carbocycles. The van der Waals surface area contributed by atoms with Crippen molar-refractivity contribution >= 4 is 23.1 Å². The molecule has 16 heteroatoms. The molecule has 498 valence electrons. The molecule has 8 bridgehead atoms. The number of nitrogens with zero attached hydrogens (tertiary/aromatic N) is 1. The molecule has 7 heterocycles. The van der Waals surface area contributed by atoms with Crippen LogP contribution in [0.25, 0.3) is 5.57 Å². The highest BCUT2D eigenvalue weighted by Crippen LogP contribution is 2.76. The van der Waals surface area contributed by atoms with Gasteiger partial charge in [0.2, 0.25) is 5.96 Å². The van der Waals surface area contributed by atoms with Crippen LogP contribution < -0.4 is 48.1 Å². The summed E-state index contributed by atoms with van der Waals surface area (Å²) < 4.78 is 5.53. The number of aryl methyl sites for hydroxylation is 2. The van der Waals surface area contributed by atoms with Crippen LogP contribution in [0.1, 0.15) is 118 Å². The van der Waals surface area contributed by atoms with Crippen LogP contribution in [0.4, 0.5) is 0 Å². The lowest BCUT2D eigenvalue weighted by Gasteiger charge is -2.56. The first-order valence-electron chi connectivity index (χ1n) is 35.5. The van der Waals surface area contributed by atoms with Gasteiger partial charge in [-0.3, -0.25) is 9.59 Å². The van der Waals surface area contributed by atoms with Gasteiger partial charge in [-0.15, -0.1) is 0 Å². The molecular formula is C78H99N9O7. The van der Waals surface area contributed by atoms with Gasteiger partial charge in [0.25, 0.3) is 0 Å². The zero-order chi connectivity index (χ0) is 64.7. The van der Waals surface area contributed by atoms with E-state index in [1.165, 1.54) is 34.8 Å². The maximum atomic E-state index is 14.9. The molecule has 18 atom stereocenters. The number of aromatic hydroxyl groups is 1. The lowest BCUT2D eigenvalue weighted by molar-refractivity contribution is -0.126. The number of ether oxygens (including phenoxy) is 1. The normalized spacial score (nSPS) is 36.1. The molecule has 16 rings (SSSR count). The molecule has 14 N–H and O–H groups in total. The van der Waals surface area contributed by atoms with Crippen molar-refractivity contribution in [3.05, 3.63) is 159 Å². The van der Waals surface area contributed by atoms with E-state index in [4.69, 9.17) is 21.2 Å². The Morgan fingerprint density at radius 1 is 0.926 bits per heavy atom. The molecule has 16 nitrogen and oxygen atoms in total. The maximum absolute atomic E-state index is 14.9. The summed E-state index contributed by atoms with van der Waals surface area (Å²) in [6.45, 7) is 2.61. The number of aliphatic hydroxyl groups excluding tert-OH is 3. The third kappa shape index (κ3) is 12.9. The van der Waals surface area contributed by atoms with Gasteiger partial charge >= 0.3 is 0 Å². The van der Waals surface area contributed by atoms with E-state index >= 15 is 0 Å². The Bertz CT molecular complexity index is 3620. The van der Waals surface area contributed by atoms with Crippen molar-refractivity contribution in [1.29, 1.82) is 0 Å². The lowest BCUT2D eigenvalue weighted by atomic mass is 9.50. The molecule has 3 aromatic carbocycles. The van der Waals surface area contributed by atoms with E-state index in [0.29, 0.717) is 84.3 Å². The van der Waals surface area contributed by atoms with Gasteiger partial charge in [-0.05, 0) is 267 Å². The van der Waals surface area contributed by atoms with Crippen molar-refractivity contribution in [2.75, 3.05) is 46.6 Å². The number of guanidine groups is 1. The molecule has 3 aromatic rings. The first-order valence-corrected chi connectivity index (χ1v) is 35.5. The van der Waals surface area contributed by atoms with Crippen LogP contribution in [-0.4, -0.2) is 121 Å². The predicted molar refractivity (Wildman–Crippen MR) is 367 cm³/mol. The fourth-order valence-corrected chi connectivity index (χ4v) is 21.5. The van der Waals surface area contributed by atoms with Crippen molar-refractivity contribution in [2.24, 2.45) is 86.5 Å². The van der Waals surface area contributed by atoms with Gasteiger partial charge in [0.1, 0.15) is 5.78 Å². The van der Waals surface area contributed by atoms with Crippen molar-refractivity contribution in [2.45, 2.75) is 152 Å². The van der Waals surface area contributed by atoms with E-state index in [2.05, 4.69) is 124 Å². The summed E-state index contributed by atoms with van der Waals surface area (Å²) in [7, 11) is 2.11. The Kier molecular flexibility index (Phi) is 19.1. The number of dihydropyridines is 1. The summed E-state index contributed by atoms with van der Waals surface area (Å²) in [5, 5.41) is 68.2. The first kappa shape index (κ1) is 64.7. The number of Topliss-reactive ketones (excluding diaryl/α,β-unsaturated/α-hetero) is 1. The molecule has 6 fully saturated rings. The third-order valence-electron chi connectivity index (χ3n) is 24.8. The minimum absolute atomic E-state index is 0.0152. The summed E-state index contributed by atoms with van der Waals surface area (Å²) in [4.78, 5) is 34.3. The van der Waals surface area contributed by atoms with E-state index in [-0.39, 0.29) is 88.4 Å². The van der Waals surface area contributed by atoms with Crippen LogP contribution in [-0.2, 0) is 35.3 Å². The molecule has 7 aliphatic heterocycles. The Hall–Kier alpha value is -6.65. The minimum Gasteiger partial charge on any atom is -0.504 e. The smallest absolute Gasteiger partial charge is 0.202 e. The number of fused-ring (bicyclic) bond motifs is 3. The lowest BCUT2D eigenvalue weighted by Crippen LogP contribution is -2.57. The number of benzene rings is 3. The average Bonchev–Trinajstić information content (AvgIpc) is 1.50. The van der Waals surface area contributed by atoms with Gasteiger partial charge in [0, 0.05) is 49.8 Å². The maximum Gasteiger partial charge on any atom is 0.202 e. The minimum atomic E-state index is -0.714. The molecule has 0 amide bonds. The largest absolute Gasteiger partial charge is 0.504 e. The number of aliphatic imine (C=N–C) groups is 1. The number of phenols is 1. The van der Waals surface area contributed by atoms with Gasteiger partial charge in [-0.25, -0.2) is 0 Å². The second-order valence-corrected chi connectivity index (χ2v) is 30.1. The Balaban J connectivity index is 0.863. The number of aliphatic hydroxyl groups is 3. The predicted octanol–water partition coefficient (Wildman–Crippen LogP) is 7.33. The van der Waals surface area contributed by atoms with Crippen molar-refractivity contribution in [3.63, 3.8) is 0 Å². The Morgan fingerprint density at radius 3 is 2.63 bits per heavy atom. The van der Waals surface area contributed by atoms with Crippen LogP contribution in [0, 0.1) is 82.0 Å². The van der Waals surface area contributed by atoms with Gasteiger partial charge < -0.3 is 68.5 Å². The second kappa shape index (κ2) is 27.8. The molecule has 6 aliphatic carbocycles. The summed E-state index contributed by atoms with van der Waals surface area (Å²) in [6.07, 6.45) is 27.3. The number of phenolic OH excluding ortho intramolecular Hbond substituents is 1. The van der Waals surface area contributed by atoms with Crippen LogP contribution in [0.15, 0.2) is 137 Å². The highest BCUT2D eigenvalue weighted by Gasteiger charge is 2.72. The molecule has 94 heavy (non-hydrogen) atoms. The van der Waals surface area contributed by atoms with E-state index in [1.807, 2.05) is 18.3 Å². The Morgan fingerprint density at radius 2 is 1.78 bits per heavy atom. The summed E-state index contributed by atoms with van der Waals surface area (Å²) in [6, 6.07) is 25.8. The van der Waals surface area contributed by atoms with E-state index in [1.54, 1.807) is 12.1 Å².